The standard InChI is InChI=1S/C13H19N5O2/c1-8(2)17(5-6-19)12(20)11-15-13-14-9(3)7-10(4)18(13)16-11/h7-8,19H,5-6H2,1-4H3. The van der Waals surface area contributed by atoms with Crippen molar-refractivity contribution in [2.45, 2.75) is 33.7 Å². The Hall–Kier alpha value is -2.02. The van der Waals surface area contributed by atoms with Gasteiger partial charge in [0.15, 0.2) is 0 Å². The summed E-state index contributed by atoms with van der Waals surface area (Å²) >= 11 is 0. The smallest absolute Gasteiger partial charge is 0.293 e. The minimum Gasteiger partial charge on any atom is -0.395 e. The quantitative estimate of drug-likeness (QED) is 0.884. The van der Waals surface area contributed by atoms with Gasteiger partial charge in [0, 0.05) is 24.0 Å². The normalized spacial score (nSPS) is 11.3. The van der Waals surface area contributed by atoms with Crippen LogP contribution in [-0.4, -0.2) is 54.7 Å². The number of aryl methyl sites for hydroxylation is 2. The van der Waals surface area contributed by atoms with Crippen molar-refractivity contribution >= 4 is 11.7 Å². The topological polar surface area (TPSA) is 83.6 Å². The average molecular weight is 277 g/mol. The summed E-state index contributed by atoms with van der Waals surface area (Å²) in [4.78, 5) is 22.4. The first-order chi connectivity index (χ1) is 9.43. The second-order valence-electron chi connectivity index (χ2n) is 5.00. The Morgan fingerprint density at radius 1 is 1.40 bits per heavy atom. The SMILES string of the molecule is Cc1cc(C)n2nc(C(=O)N(CCO)C(C)C)nc2n1. The van der Waals surface area contributed by atoms with E-state index < -0.39 is 0 Å². The molecule has 0 aromatic carbocycles. The zero-order chi connectivity index (χ0) is 14.9. The molecular weight excluding hydrogens is 258 g/mol. The summed E-state index contributed by atoms with van der Waals surface area (Å²) in [5.41, 5.74) is 1.70. The van der Waals surface area contributed by atoms with E-state index in [-0.39, 0.29) is 30.9 Å². The number of aliphatic hydroxyl groups is 1. The molecular formula is C13H19N5O2. The van der Waals surface area contributed by atoms with Crippen LogP contribution in [0, 0.1) is 13.8 Å². The van der Waals surface area contributed by atoms with Gasteiger partial charge < -0.3 is 10.0 Å². The summed E-state index contributed by atoms with van der Waals surface area (Å²) in [5, 5.41) is 13.3. The Balaban J connectivity index is 2.42. The van der Waals surface area contributed by atoms with E-state index in [1.807, 2.05) is 33.8 Å². The van der Waals surface area contributed by atoms with Crippen LogP contribution in [0.4, 0.5) is 0 Å². The molecule has 0 fully saturated rings. The van der Waals surface area contributed by atoms with Crippen molar-refractivity contribution in [1.29, 1.82) is 0 Å². The van der Waals surface area contributed by atoms with Crippen molar-refractivity contribution in [1.82, 2.24) is 24.5 Å². The predicted molar refractivity (Wildman–Crippen MR) is 73.5 cm³/mol. The highest BCUT2D eigenvalue weighted by atomic mass is 16.3. The number of amides is 1. The zero-order valence-corrected chi connectivity index (χ0v) is 12.2. The molecule has 2 aromatic heterocycles. The van der Waals surface area contributed by atoms with Crippen LogP contribution in [0.25, 0.3) is 5.78 Å². The Kier molecular flexibility index (Phi) is 3.99. The Morgan fingerprint density at radius 2 is 2.10 bits per heavy atom. The molecule has 0 aliphatic carbocycles. The molecule has 2 aromatic rings. The molecule has 0 bridgehead atoms. The van der Waals surface area contributed by atoms with Gasteiger partial charge >= 0.3 is 0 Å². The first-order valence-corrected chi connectivity index (χ1v) is 6.57. The first kappa shape index (κ1) is 14.4. The van der Waals surface area contributed by atoms with Gasteiger partial charge in [0.05, 0.1) is 6.61 Å². The summed E-state index contributed by atoms with van der Waals surface area (Å²) in [7, 11) is 0. The van der Waals surface area contributed by atoms with Gasteiger partial charge in [-0.2, -0.15) is 4.98 Å². The lowest BCUT2D eigenvalue weighted by Crippen LogP contribution is -2.39. The molecule has 7 heteroatoms. The van der Waals surface area contributed by atoms with Crippen molar-refractivity contribution < 1.29 is 9.90 Å². The fraction of sp³-hybridized carbons (Fsp3) is 0.538. The van der Waals surface area contributed by atoms with Crippen LogP contribution < -0.4 is 0 Å². The van der Waals surface area contributed by atoms with Gasteiger partial charge in [-0.25, -0.2) is 9.50 Å². The number of fused-ring (bicyclic) bond motifs is 1. The van der Waals surface area contributed by atoms with Crippen molar-refractivity contribution in [3.05, 3.63) is 23.3 Å². The highest BCUT2D eigenvalue weighted by Crippen LogP contribution is 2.09. The molecule has 0 saturated carbocycles. The number of rotatable bonds is 4. The number of nitrogens with zero attached hydrogens (tertiary/aromatic N) is 5. The fourth-order valence-corrected chi connectivity index (χ4v) is 2.09. The lowest BCUT2D eigenvalue weighted by molar-refractivity contribution is 0.0653. The van der Waals surface area contributed by atoms with E-state index in [1.54, 1.807) is 4.52 Å². The van der Waals surface area contributed by atoms with E-state index >= 15 is 0 Å². The van der Waals surface area contributed by atoms with E-state index in [0.29, 0.717) is 5.78 Å². The van der Waals surface area contributed by atoms with Gasteiger partial charge in [-0.15, -0.1) is 5.10 Å². The summed E-state index contributed by atoms with van der Waals surface area (Å²) in [5.74, 6) is 0.225. The van der Waals surface area contributed by atoms with Crippen molar-refractivity contribution in [3.63, 3.8) is 0 Å². The molecule has 0 spiro atoms. The molecule has 0 saturated heterocycles. The van der Waals surface area contributed by atoms with Gasteiger partial charge in [-0.05, 0) is 33.8 Å². The minimum atomic E-state index is -0.295. The number of aliphatic hydroxyl groups excluding tert-OH is 1. The summed E-state index contributed by atoms with van der Waals surface area (Å²) < 4.78 is 1.55. The Labute approximate surface area is 117 Å². The van der Waals surface area contributed by atoms with Crippen LogP contribution in [0.2, 0.25) is 0 Å². The van der Waals surface area contributed by atoms with E-state index in [0.717, 1.165) is 11.4 Å². The molecule has 0 aliphatic heterocycles. The lowest BCUT2D eigenvalue weighted by atomic mass is 10.3. The van der Waals surface area contributed by atoms with Crippen LogP contribution in [0.5, 0.6) is 0 Å². The highest BCUT2D eigenvalue weighted by Gasteiger charge is 2.23. The van der Waals surface area contributed by atoms with E-state index in [9.17, 15) is 4.79 Å². The van der Waals surface area contributed by atoms with Crippen molar-refractivity contribution in [3.8, 4) is 0 Å². The van der Waals surface area contributed by atoms with Crippen LogP contribution in [0.3, 0.4) is 0 Å². The molecule has 2 rings (SSSR count). The molecule has 20 heavy (non-hydrogen) atoms. The monoisotopic (exact) mass is 277 g/mol. The summed E-state index contributed by atoms with van der Waals surface area (Å²) in [6, 6.07) is 1.85. The minimum absolute atomic E-state index is 0.0305. The lowest BCUT2D eigenvalue weighted by Gasteiger charge is -2.24. The van der Waals surface area contributed by atoms with E-state index in [2.05, 4.69) is 15.1 Å². The highest BCUT2D eigenvalue weighted by molar-refractivity contribution is 5.91. The van der Waals surface area contributed by atoms with E-state index in [4.69, 9.17) is 5.11 Å². The van der Waals surface area contributed by atoms with Crippen LogP contribution in [0.15, 0.2) is 6.07 Å². The third kappa shape index (κ3) is 2.62. The summed E-state index contributed by atoms with van der Waals surface area (Å²) in [6.45, 7) is 7.70. The molecule has 2 heterocycles. The van der Waals surface area contributed by atoms with Crippen LogP contribution in [-0.2, 0) is 0 Å². The van der Waals surface area contributed by atoms with E-state index in [1.165, 1.54) is 4.90 Å². The molecule has 0 unspecified atom stereocenters. The first-order valence-electron chi connectivity index (χ1n) is 6.57. The zero-order valence-electron chi connectivity index (χ0n) is 12.2. The van der Waals surface area contributed by atoms with Gasteiger partial charge in [-0.3, -0.25) is 4.79 Å². The maximum absolute atomic E-state index is 12.4. The summed E-state index contributed by atoms with van der Waals surface area (Å²) in [6.07, 6.45) is 0. The third-order valence-electron chi connectivity index (χ3n) is 3.03. The maximum atomic E-state index is 12.4. The predicted octanol–water partition coefficient (Wildman–Crippen LogP) is 0.584. The van der Waals surface area contributed by atoms with Crippen LogP contribution >= 0.6 is 0 Å². The maximum Gasteiger partial charge on any atom is 0.293 e. The number of hydrogen-bond donors (Lipinski definition) is 1. The largest absolute Gasteiger partial charge is 0.395 e. The van der Waals surface area contributed by atoms with Gasteiger partial charge in [-0.1, -0.05) is 0 Å². The van der Waals surface area contributed by atoms with Crippen molar-refractivity contribution in [2.75, 3.05) is 13.2 Å². The molecule has 108 valence electrons. The number of aromatic nitrogens is 4. The van der Waals surface area contributed by atoms with Crippen LogP contribution in [0.1, 0.15) is 35.9 Å². The van der Waals surface area contributed by atoms with Gasteiger partial charge in [0.2, 0.25) is 5.82 Å². The Morgan fingerprint density at radius 3 is 2.70 bits per heavy atom. The third-order valence-corrected chi connectivity index (χ3v) is 3.03. The second kappa shape index (κ2) is 5.54. The number of carbonyl (C=O) groups is 1. The number of carbonyl (C=O) groups excluding carboxylic acids is 1. The molecule has 0 atom stereocenters. The fourth-order valence-electron chi connectivity index (χ4n) is 2.09. The molecule has 0 aliphatic rings. The number of hydrogen-bond acceptors (Lipinski definition) is 5. The molecule has 1 amide bonds. The average Bonchev–Trinajstić information content (AvgIpc) is 2.78. The second-order valence-corrected chi connectivity index (χ2v) is 5.00. The Bertz CT molecular complexity index is 635. The van der Waals surface area contributed by atoms with Gasteiger partial charge in [0.25, 0.3) is 11.7 Å². The molecule has 7 nitrogen and oxygen atoms in total. The molecule has 1 N–H and O–H groups in total. The molecule has 0 radical (unpaired) electrons. The van der Waals surface area contributed by atoms with Crippen molar-refractivity contribution in [2.24, 2.45) is 0 Å². The van der Waals surface area contributed by atoms with Gasteiger partial charge in [0.1, 0.15) is 0 Å².